The standard InChI is InChI=1S/C67H51N/c1-3-17-47(18-4-1)48-32-34-51(35-33-48)56-22-12-15-29-65(56)68(66-30-16-13-27-62(66)59-25-10-9-24-58(59)57-23-8-7-21-55(57)50-19-5-2-6-20-50)54-40-36-49(37-41-54)52-38-42-61-60-26-11-14-28-63(60)67(64(61)44-52)45-46-31-39-53(67)43-46/h1-30,32-38,40-42,44,46,53H,31,39,43,45H2. The Kier molecular flexibility index (Phi) is 9.90. The van der Waals surface area contributed by atoms with Crippen molar-refractivity contribution in [2.75, 3.05) is 4.90 Å². The topological polar surface area (TPSA) is 3.24 Å². The number of benzene rings is 10. The molecule has 68 heavy (non-hydrogen) atoms. The summed E-state index contributed by atoms with van der Waals surface area (Å²) in [5.41, 5.74) is 24.0. The molecule has 3 unspecified atom stereocenters. The van der Waals surface area contributed by atoms with E-state index >= 15 is 0 Å². The first kappa shape index (κ1) is 40.3. The first-order valence-electron chi connectivity index (χ1n) is 24.4. The number of nitrogens with zero attached hydrogens (tertiary/aromatic N) is 1. The van der Waals surface area contributed by atoms with E-state index in [0.717, 1.165) is 28.9 Å². The van der Waals surface area contributed by atoms with Gasteiger partial charge >= 0.3 is 0 Å². The molecule has 2 fully saturated rings. The number of para-hydroxylation sites is 2. The monoisotopic (exact) mass is 869 g/mol. The van der Waals surface area contributed by atoms with E-state index in [1.54, 1.807) is 11.1 Å². The molecule has 3 aliphatic rings. The number of hydrogen-bond acceptors (Lipinski definition) is 1. The first-order valence-corrected chi connectivity index (χ1v) is 24.4. The minimum Gasteiger partial charge on any atom is -0.309 e. The summed E-state index contributed by atoms with van der Waals surface area (Å²) in [5, 5.41) is 0. The van der Waals surface area contributed by atoms with E-state index in [1.165, 1.54) is 104 Å². The predicted molar refractivity (Wildman–Crippen MR) is 285 cm³/mol. The fourth-order valence-electron chi connectivity index (χ4n) is 12.6. The van der Waals surface area contributed by atoms with E-state index < -0.39 is 0 Å². The molecular formula is C67H51N. The van der Waals surface area contributed by atoms with Crippen molar-refractivity contribution in [2.45, 2.75) is 31.1 Å². The molecule has 2 saturated carbocycles. The molecular weight excluding hydrogens is 819 g/mol. The van der Waals surface area contributed by atoms with Gasteiger partial charge in [0.1, 0.15) is 0 Å². The van der Waals surface area contributed by atoms with E-state index in [4.69, 9.17) is 0 Å². The summed E-state index contributed by atoms with van der Waals surface area (Å²) in [6, 6.07) is 92.1. The van der Waals surface area contributed by atoms with Gasteiger partial charge in [0.25, 0.3) is 0 Å². The average Bonchev–Trinajstić information content (AvgIpc) is 4.12. The van der Waals surface area contributed by atoms with Crippen LogP contribution in [-0.4, -0.2) is 0 Å². The smallest absolute Gasteiger partial charge is 0.0540 e. The predicted octanol–water partition coefficient (Wildman–Crippen LogP) is 18.2. The van der Waals surface area contributed by atoms with Gasteiger partial charge in [0.05, 0.1) is 11.4 Å². The largest absolute Gasteiger partial charge is 0.309 e. The highest BCUT2D eigenvalue weighted by atomic mass is 15.1. The normalized spacial score (nSPS) is 17.5. The minimum absolute atomic E-state index is 0.145. The third kappa shape index (κ3) is 6.68. The zero-order chi connectivity index (χ0) is 45.0. The molecule has 3 aliphatic carbocycles. The summed E-state index contributed by atoms with van der Waals surface area (Å²) in [5.74, 6) is 1.57. The lowest BCUT2D eigenvalue weighted by atomic mass is 9.66. The Morgan fingerprint density at radius 2 is 0.750 bits per heavy atom. The van der Waals surface area contributed by atoms with Gasteiger partial charge in [-0.1, -0.05) is 225 Å². The zero-order valence-corrected chi connectivity index (χ0v) is 38.1. The number of anilines is 3. The summed E-state index contributed by atoms with van der Waals surface area (Å²) < 4.78 is 0. The van der Waals surface area contributed by atoms with Crippen molar-refractivity contribution in [3.05, 3.63) is 260 Å². The molecule has 0 aliphatic heterocycles. The summed E-state index contributed by atoms with van der Waals surface area (Å²) in [4.78, 5) is 2.49. The highest BCUT2D eigenvalue weighted by Gasteiger charge is 2.56. The summed E-state index contributed by atoms with van der Waals surface area (Å²) >= 11 is 0. The lowest BCUT2D eigenvalue weighted by Gasteiger charge is -2.36. The van der Waals surface area contributed by atoms with Gasteiger partial charge < -0.3 is 4.90 Å². The summed E-state index contributed by atoms with van der Waals surface area (Å²) in [6.45, 7) is 0. The third-order valence-electron chi connectivity index (χ3n) is 15.6. The molecule has 2 bridgehead atoms. The number of fused-ring (bicyclic) bond motifs is 8. The number of rotatable bonds is 9. The Bertz CT molecular complexity index is 3460. The molecule has 0 aromatic heterocycles. The van der Waals surface area contributed by atoms with Crippen LogP contribution in [0.1, 0.15) is 36.8 Å². The van der Waals surface area contributed by atoms with Crippen molar-refractivity contribution in [3.63, 3.8) is 0 Å². The third-order valence-corrected chi connectivity index (χ3v) is 15.6. The highest BCUT2D eigenvalue weighted by molar-refractivity contribution is 5.99. The van der Waals surface area contributed by atoms with Crippen molar-refractivity contribution in [1.82, 2.24) is 0 Å². The quantitative estimate of drug-likeness (QED) is 0.140. The Morgan fingerprint density at radius 3 is 1.41 bits per heavy atom. The van der Waals surface area contributed by atoms with Crippen molar-refractivity contribution in [3.8, 4) is 77.9 Å². The number of hydrogen-bond donors (Lipinski definition) is 0. The second-order valence-electron chi connectivity index (χ2n) is 19.2. The Hall–Kier alpha value is -8.00. The van der Waals surface area contributed by atoms with Crippen LogP contribution in [0, 0.1) is 11.8 Å². The molecule has 3 atom stereocenters. The lowest BCUT2D eigenvalue weighted by molar-refractivity contribution is 0.327. The highest BCUT2D eigenvalue weighted by Crippen LogP contribution is 2.66. The van der Waals surface area contributed by atoms with Crippen LogP contribution in [-0.2, 0) is 5.41 Å². The van der Waals surface area contributed by atoms with E-state index in [9.17, 15) is 0 Å². The maximum absolute atomic E-state index is 2.57. The van der Waals surface area contributed by atoms with Gasteiger partial charge in [0.15, 0.2) is 0 Å². The minimum atomic E-state index is 0.145. The van der Waals surface area contributed by atoms with Crippen molar-refractivity contribution >= 4 is 17.1 Å². The van der Waals surface area contributed by atoms with Crippen molar-refractivity contribution in [1.29, 1.82) is 0 Å². The molecule has 0 amide bonds. The first-order chi connectivity index (χ1) is 33.7. The Balaban J connectivity index is 0.955. The second-order valence-corrected chi connectivity index (χ2v) is 19.2. The van der Waals surface area contributed by atoms with E-state index in [0.29, 0.717) is 0 Å². The van der Waals surface area contributed by atoms with E-state index in [2.05, 4.69) is 254 Å². The molecule has 0 heterocycles. The van der Waals surface area contributed by atoms with Crippen LogP contribution in [0.5, 0.6) is 0 Å². The Morgan fingerprint density at radius 1 is 0.309 bits per heavy atom. The van der Waals surface area contributed by atoms with Crippen LogP contribution in [0.2, 0.25) is 0 Å². The van der Waals surface area contributed by atoms with Crippen LogP contribution in [0.15, 0.2) is 249 Å². The fourth-order valence-corrected chi connectivity index (χ4v) is 12.6. The van der Waals surface area contributed by atoms with Gasteiger partial charge in [-0.15, -0.1) is 0 Å². The van der Waals surface area contributed by atoms with Gasteiger partial charge in [-0.3, -0.25) is 0 Å². The molecule has 0 radical (unpaired) electrons. The molecule has 13 rings (SSSR count). The summed E-state index contributed by atoms with van der Waals surface area (Å²) in [6.07, 6.45) is 5.39. The van der Waals surface area contributed by atoms with Gasteiger partial charge in [-0.05, 0) is 139 Å². The zero-order valence-electron chi connectivity index (χ0n) is 38.1. The molecule has 10 aromatic rings. The maximum atomic E-state index is 2.57. The van der Waals surface area contributed by atoms with Gasteiger partial charge in [-0.2, -0.15) is 0 Å². The average molecular weight is 870 g/mol. The molecule has 1 spiro atoms. The lowest BCUT2D eigenvalue weighted by Crippen LogP contribution is -2.31. The van der Waals surface area contributed by atoms with Crippen LogP contribution < -0.4 is 4.90 Å². The van der Waals surface area contributed by atoms with Crippen LogP contribution in [0.4, 0.5) is 17.1 Å². The molecule has 1 heteroatoms. The van der Waals surface area contributed by atoms with E-state index in [-0.39, 0.29) is 5.41 Å². The van der Waals surface area contributed by atoms with Crippen molar-refractivity contribution < 1.29 is 0 Å². The fraction of sp³-hybridized carbons (Fsp3) is 0.104. The van der Waals surface area contributed by atoms with Crippen LogP contribution >= 0.6 is 0 Å². The molecule has 1 nitrogen and oxygen atoms in total. The second kappa shape index (κ2) is 16.7. The van der Waals surface area contributed by atoms with Crippen LogP contribution in [0.3, 0.4) is 0 Å². The molecule has 324 valence electrons. The van der Waals surface area contributed by atoms with Gasteiger partial charge in [-0.25, -0.2) is 0 Å². The molecule has 0 saturated heterocycles. The Labute approximate surface area is 400 Å². The molecule has 10 aromatic carbocycles. The van der Waals surface area contributed by atoms with Crippen LogP contribution in [0.25, 0.3) is 77.9 Å². The van der Waals surface area contributed by atoms with Gasteiger partial charge in [0, 0.05) is 22.2 Å². The summed E-state index contributed by atoms with van der Waals surface area (Å²) in [7, 11) is 0. The molecule has 0 N–H and O–H groups in total. The maximum Gasteiger partial charge on any atom is 0.0540 e. The van der Waals surface area contributed by atoms with Crippen molar-refractivity contribution in [2.24, 2.45) is 11.8 Å². The SMILES string of the molecule is c1ccc(-c2ccc(-c3ccccc3N(c3ccc(-c4ccc5c(c4)C4(CC6CCC4C6)c4ccccc4-5)cc3)c3ccccc3-c3ccccc3-c3ccccc3-c3ccccc3)cc2)cc1. The van der Waals surface area contributed by atoms with E-state index in [1.807, 2.05) is 0 Å². The van der Waals surface area contributed by atoms with Gasteiger partial charge in [0.2, 0.25) is 0 Å².